The van der Waals surface area contributed by atoms with E-state index in [0.29, 0.717) is 60.8 Å². The number of rotatable bonds is 0. The summed E-state index contributed by atoms with van der Waals surface area (Å²) in [5, 5.41) is 0. The summed E-state index contributed by atoms with van der Waals surface area (Å²) in [6.07, 6.45) is 6.39. The van der Waals surface area contributed by atoms with Crippen molar-refractivity contribution in [1.29, 1.82) is 0 Å². The lowest BCUT2D eigenvalue weighted by atomic mass is 9.45. The molecular formula is C19H26O3. The Labute approximate surface area is 132 Å². The van der Waals surface area contributed by atoms with E-state index in [1.54, 1.807) is 0 Å². The molecule has 3 nitrogen and oxygen atoms in total. The van der Waals surface area contributed by atoms with Crippen LogP contribution in [0.2, 0.25) is 0 Å². The smallest absolute Gasteiger partial charge is 0.139 e. The number of carbonyl (C=O) groups is 3. The molecule has 120 valence electrons. The maximum Gasteiger partial charge on any atom is 0.139 e. The molecule has 0 N–H and O–H groups in total. The minimum Gasteiger partial charge on any atom is -0.300 e. The molecule has 0 saturated heterocycles. The lowest BCUT2D eigenvalue weighted by Gasteiger charge is -2.58. The number of fused-ring (bicyclic) bond motifs is 5. The molecule has 4 fully saturated rings. The zero-order valence-electron chi connectivity index (χ0n) is 13.7. The van der Waals surface area contributed by atoms with Gasteiger partial charge >= 0.3 is 0 Å². The van der Waals surface area contributed by atoms with Crippen LogP contribution >= 0.6 is 0 Å². The Morgan fingerprint density at radius 1 is 1.00 bits per heavy atom. The molecule has 0 radical (unpaired) electrons. The van der Waals surface area contributed by atoms with E-state index in [9.17, 15) is 14.4 Å². The molecule has 0 aromatic heterocycles. The predicted molar refractivity (Wildman–Crippen MR) is 82.1 cm³/mol. The van der Waals surface area contributed by atoms with Crippen LogP contribution in [0.25, 0.3) is 0 Å². The molecule has 0 aromatic carbocycles. The normalized spacial score (nSPS) is 51.3. The van der Waals surface area contributed by atoms with E-state index in [1.165, 1.54) is 0 Å². The number of hydrogen-bond acceptors (Lipinski definition) is 3. The van der Waals surface area contributed by atoms with E-state index in [2.05, 4.69) is 6.92 Å². The molecule has 0 aliphatic heterocycles. The average Bonchev–Trinajstić information content (AvgIpc) is 2.75. The summed E-state index contributed by atoms with van der Waals surface area (Å²) in [5.41, 5.74) is -0.382. The van der Waals surface area contributed by atoms with Gasteiger partial charge in [0.25, 0.3) is 0 Å². The number of ketones is 3. The van der Waals surface area contributed by atoms with E-state index in [0.717, 1.165) is 25.7 Å². The van der Waals surface area contributed by atoms with Crippen LogP contribution in [0.15, 0.2) is 0 Å². The van der Waals surface area contributed by atoms with Crippen molar-refractivity contribution in [3.05, 3.63) is 0 Å². The van der Waals surface area contributed by atoms with E-state index in [1.807, 2.05) is 6.92 Å². The first-order valence-electron chi connectivity index (χ1n) is 8.94. The van der Waals surface area contributed by atoms with Crippen molar-refractivity contribution in [2.24, 2.45) is 34.5 Å². The molecule has 0 unspecified atom stereocenters. The summed E-state index contributed by atoms with van der Waals surface area (Å²) in [4.78, 5) is 37.2. The first kappa shape index (κ1) is 14.6. The molecular weight excluding hydrogens is 276 g/mol. The van der Waals surface area contributed by atoms with Gasteiger partial charge in [-0.15, -0.1) is 0 Å². The average molecular weight is 302 g/mol. The van der Waals surface area contributed by atoms with Gasteiger partial charge in [0, 0.05) is 37.0 Å². The minimum absolute atomic E-state index is 0.000871. The van der Waals surface area contributed by atoms with Gasteiger partial charge in [-0.1, -0.05) is 13.8 Å². The second-order valence-electron chi connectivity index (χ2n) is 8.79. The van der Waals surface area contributed by atoms with Crippen molar-refractivity contribution in [3.8, 4) is 0 Å². The van der Waals surface area contributed by atoms with Crippen LogP contribution in [0.5, 0.6) is 0 Å². The first-order valence-corrected chi connectivity index (χ1v) is 8.94. The fraction of sp³-hybridized carbons (Fsp3) is 0.842. The highest BCUT2D eigenvalue weighted by Gasteiger charge is 2.63. The quantitative estimate of drug-likeness (QED) is 0.689. The SMILES string of the molecule is C[C@]12CCC(=O)C[C@H]1CC[C@@H]1[C@H]2C(=O)C[C@]2(C)C(=O)CC[C@H]12. The van der Waals surface area contributed by atoms with E-state index in [4.69, 9.17) is 0 Å². The zero-order valence-corrected chi connectivity index (χ0v) is 13.7. The molecule has 22 heavy (non-hydrogen) atoms. The largest absolute Gasteiger partial charge is 0.300 e. The maximum absolute atomic E-state index is 13.0. The summed E-state index contributed by atoms with van der Waals surface area (Å²) in [7, 11) is 0. The van der Waals surface area contributed by atoms with Gasteiger partial charge in [-0.05, 0) is 48.9 Å². The number of carbonyl (C=O) groups excluding carboxylic acids is 3. The van der Waals surface area contributed by atoms with Crippen LogP contribution in [0.1, 0.15) is 65.2 Å². The summed E-state index contributed by atoms with van der Waals surface area (Å²) in [5.74, 6) is 2.29. The monoisotopic (exact) mass is 302 g/mol. The van der Waals surface area contributed by atoms with Gasteiger partial charge in [0.2, 0.25) is 0 Å². The van der Waals surface area contributed by atoms with Gasteiger partial charge < -0.3 is 0 Å². The Morgan fingerprint density at radius 3 is 2.55 bits per heavy atom. The van der Waals surface area contributed by atoms with E-state index in [-0.39, 0.29) is 16.7 Å². The highest BCUT2D eigenvalue weighted by Crippen LogP contribution is 2.64. The molecule has 4 aliphatic carbocycles. The molecule has 0 bridgehead atoms. The predicted octanol–water partition coefficient (Wildman–Crippen LogP) is 3.35. The highest BCUT2D eigenvalue weighted by atomic mass is 16.1. The van der Waals surface area contributed by atoms with Crippen LogP contribution < -0.4 is 0 Å². The van der Waals surface area contributed by atoms with Crippen LogP contribution in [0.4, 0.5) is 0 Å². The van der Waals surface area contributed by atoms with Crippen molar-refractivity contribution < 1.29 is 14.4 Å². The molecule has 3 heteroatoms. The molecule has 0 aromatic rings. The third-order valence-electron chi connectivity index (χ3n) is 7.88. The first-order chi connectivity index (χ1) is 10.4. The van der Waals surface area contributed by atoms with E-state index < -0.39 is 0 Å². The summed E-state index contributed by atoms with van der Waals surface area (Å²) in [6, 6.07) is 0. The lowest BCUT2D eigenvalue weighted by Crippen LogP contribution is -2.57. The lowest BCUT2D eigenvalue weighted by molar-refractivity contribution is -0.161. The van der Waals surface area contributed by atoms with Crippen molar-refractivity contribution in [2.45, 2.75) is 65.2 Å². The third kappa shape index (κ3) is 1.71. The Hall–Kier alpha value is -0.990. The fourth-order valence-electron chi connectivity index (χ4n) is 6.64. The topological polar surface area (TPSA) is 51.2 Å². The third-order valence-corrected chi connectivity index (χ3v) is 7.88. The molecule has 0 spiro atoms. The van der Waals surface area contributed by atoms with Gasteiger partial charge in [0.15, 0.2) is 0 Å². The molecule has 6 atom stereocenters. The molecule has 4 rings (SSSR count). The standard InChI is InChI=1S/C19H26O3/c1-18-8-7-12(20)9-11(18)3-4-13-14-5-6-16(22)19(14,2)10-15(21)17(13)18/h11,13-14,17H,3-10H2,1-2H3/t11-,13+,14-,17+,18+,19+/m1/s1. The number of Topliss-reactive ketones (excluding diaryl/α,β-unsaturated/α-hetero) is 3. The Bertz CT molecular complexity index is 565. The zero-order chi connectivity index (χ0) is 15.7. The van der Waals surface area contributed by atoms with Gasteiger partial charge in [-0.25, -0.2) is 0 Å². The fourth-order valence-corrected chi connectivity index (χ4v) is 6.64. The summed E-state index contributed by atoms with van der Waals surface area (Å²) in [6.45, 7) is 4.30. The van der Waals surface area contributed by atoms with Crippen LogP contribution in [-0.2, 0) is 14.4 Å². The Morgan fingerprint density at radius 2 is 1.77 bits per heavy atom. The van der Waals surface area contributed by atoms with Crippen molar-refractivity contribution >= 4 is 17.3 Å². The van der Waals surface area contributed by atoms with Crippen molar-refractivity contribution in [1.82, 2.24) is 0 Å². The second kappa shape index (κ2) is 4.52. The maximum atomic E-state index is 13.0. The number of hydrogen-bond donors (Lipinski definition) is 0. The van der Waals surface area contributed by atoms with Crippen LogP contribution in [-0.4, -0.2) is 17.3 Å². The van der Waals surface area contributed by atoms with Crippen molar-refractivity contribution in [3.63, 3.8) is 0 Å². The van der Waals surface area contributed by atoms with Gasteiger partial charge in [-0.3, -0.25) is 14.4 Å². The summed E-state index contributed by atoms with van der Waals surface area (Å²) >= 11 is 0. The minimum atomic E-state index is -0.383. The van der Waals surface area contributed by atoms with E-state index >= 15 is 0 Å². The second-order valence-corrected chi connectivity index (χ2v) is 8.79. The molecule has 4 aliphatic rings. The Balaban J connectivity index is 1.72. The van der Waals surface area contributed by atoms with Crippen molar-refractivity contribution in [2.75, 3.05) is 0 Å². The van der Waals surface area contributed by atoms with Crippen LogP contribution in [0, 0.1) is 34.5 Å². The molecule has 0 heterocycles. The Kier molecular flexibility index (Phi) is 3.00. The van der Waals surface area contributed by atoms with Gasteiger partial charge in [0.1, 0.15) is 17.3 Å². The summed E-state index contributed by atoms with van der Waals surface area (Å²) < 4.78 is 0. The van der Waals surface area contributed by atoms with Gasteiger partial charge in [0.05, 0.1) is 0 Å². The highest BCUT2D eigenvalue weighted by molar-refractivity contribution is 5.95. The van der Waals surface area contributed by atoms with Gasteiger partial charge in [-0.2, -0.15) is 0 Å². The van der Waals surface area contributed by atoms with Crippen LogP contribution in [0.3, 0.4) is 0 Å². The molecule has 4 saturated carbocycles. The molecule has 0 amide bonds.